The summed E-state index contributed by atoms with van der Waals surface area (Å²) in [6.07, 6.45) is 16.5. The third-order valence-corrected chi connectivity index (χ3v) is 4.87. The Balaban J connectivity index is 1.72. The minimum Gasteiger partial charge on any atom is -0.193 e. The molecule has 1 aromatic carbocycles. The third kappa shape index (κ3) is 5.19. The average molecular weight is 293 g/mol. The third-order valence-electron chi connectivity index (χ3n) is 4.87. The fraction of sp³-hybridized carbons (Fsp3) is 0.476. The molecule has 0 saturated heterocycles. The number of hydrogen-bond acceptors (Lipinski definition) is 1. The number of rotatable bonds is 6. The summed E-state index contributed by atoms with van der Waals surface area (Å²) in [6.45, 7) is 2.21. The molecule has 0 radical (unpaired) electrons. The molecule has 0 heterocycles. The summed E-state index contributed by atoms with van der Waals surface area (Å²) in [5.74, 6) is 1.66. The van der Waals surface area contributed by atoms with Gasteiger partial charge in [-0.3, -0.25) is 0 Å². The van der Waals surface area contributed by atoms with Crippen LogP contribution in [0, 0.1) is 17.2 Å². The van der Waals surface area contributed by atoms with E-state index in [0.717, 1.165) is 24.7 Å². The minimum absolute atomic E-state index is 0.774. The zero-order valence-electron chi connectivity index (χ0n) is 13.7. The molecule has 0 bridgehead atoms. The molecule has 0 spiro atoms. The van der Waals surface area contributed by atoms with Crippen molar-refractivity contribution in [1.29, 1.82) is 5.26 Å². The quantitative estimate of drug-likeness (QED) is 0.470. The average Bonchev–Trinajstić information content (AvgIpc) is 2.59. The molecule has 22 heavy (non-hydrogen) atoms. The maximum atomic E-state index is 8.40. The van der Waals surface area contributed by atoms with Gasteiger partial charge in [0.15, 0.2) is 0 Å². The maximum Gasteiger partial charge on any atom is 0.0912 e. The van der Waals surface area contributed by atoms with E-state index in [9.17, 15) is 0 Å². The molecule has 1 nitrogen and oxygen atoms in total. The molecule has 1 aliphatic rings. The van der Waals surface area contributed by atoms with Gasteiger partial charge >= 0.3 is 0 Å². The highest BCUT2D eigenvalue weighted by Crippen LogP contribution is 2.37. The zero-order valence-corrected chi connectivity index (χ0v) is 13.7. The van der Waals surface area contributed by atoms with Crippen molar-refractivity contribution in [3.8, 4) is 6.07 Å². The highest BCUT2D eigenvalue weighted by molar-refractivity contribution is 5.25. The zero-order chi connectivity index (χ0) is 15.6. The summed E-state index contributed by atoms with van der Waals surface area (Å²) in [7, 11) is 0. The predicted molar refractivity (Wildman–Crippen MR) is 93.6 cm³/mol. The van der Waals surface area contributed by atoms with Gasteiger partial charge in [0.05, 0.1) is 6.07 Å². The molecule has 1 heteroatoms. The van der Waals surface area contributed by atoms with Crippen LogP contribution < -0.4 is 0 Å². The van der Waals surface area contributed by atoms with Gasteiger partial charge in [0.1, 0.15) is 0 Å². The molecule has 0 unspecified atom stereocenters. The predicted octanol–water partition coefficient (Wildman–Crippen LogP) is 5.94. The maximum absolute atomic E-state index is 8.40. The second-order valence-electron chi connectivity index (χ2n) is 6.31. The van der Waals surface area contributed by atoms with E-state index in [1.165, 1.54) is 49.3 Å². The van der Waals surface area contributed by atoms with Gasteiger partial charge in [0, 0.05) is 6.08 Å². The van der Waals surface area contributed by atoms with Crippen molar-refractivity contribution in [2.75, 3.05) is 0 Å². The van der Waals surface area contributed by atoms with Crippen molar-refractivity contribution in [3.63, 3.8) is 0 Å². The largest absolute Gasteiger partial charge is 0.193 e. The number of allylic oxidation sites excluding steroid dienone is 4. The lowest BCUT2D eigenvalue weighted by molar-refractivity contribution is 0.312. The van der Waals surface area contributed by atoms with Crippen LogP contribution in [0.3, 0.4) is 0 Å². The number of nitrogens with zero attached hydrogens (tertiary/aromatic N) is 1. The summed E-state index contributed by atoms with van der Waals surface area (Å²) in [5.41, 5.74) is 2.98. The van der Waals surface area contributed by atoms with Gasteiger partial charge in [0.2, 0.25) is 0 Å². The van der Waals surface area contributed by atoms with E-state index in [0.29, 0.717) is 0 Å². The van der Waals surface area contributed by atoms with E-state index in [1.54, 1.807) is 0 Å². The lowest BCUT2D eigenvalue weighted by Gasteiger charge is -2.28. The van der Waals surface area contributed by atoms with Crippen molar-refractivity contribution >= 4 is 0 Å². The smallest absolute Gasteiger partial charge is 0.0912 e. The molecular formula is C21H27N. The van der Waals surface area contributed by atoms with Gasteiger partial charge in [-0.2, -0.15) is 5.26 Å². The van der Waals surface area contributed by atoms with E-state index in [4.69, 9.17) is 5.26 Å². The molecule has 0 aromatic heterocycles. The van der Waals surface area contributed by atoms with Gasteiger partial charge in [-0.25, -0.2) is 0 Å². The van der Waals surface area contributed by atoms with E-state index in [1.807, 2.05) is 18.2 Å². The second kappa shape index (κ2) is 9.26. The van der Waals surface area contributed by atoms with E-state index >= 15 is 0 Å². The first kappa shape index (κ1) is 16.6. The van der Waals surface area contributed by atoms with Crippen LogP contribution in [-0.2, 0) is 6.42 Å². The van der Waals surface area contributed by atoms with Crippen molar-refractivity contribution in [3.05, 3.63) is 59.7 Å². The summed E-state index contributed by atoms with van der Waals surface area (Å²) >= 11 is 0. The molecule has 0 amide bonds. The van der Waals surface area contributed by atoms with Crippen LogP contribution in [0.25, 0.3) is 0 Å². The van der Waals surface area contributed by atoms with Crippen LogP contribution in [0.4, 0.5) is 0 Å². The first-order valence-electron chi connectivity index (χ1n) is 8.63. The van der Waals surface area contributed by atoms with Crippen molar-refractivity contribution in [2.24, 2.45) is 5.92 Å². The minimum atomic E-state index is 0.774. The normalized spacial score (nSPS) is 22.2. The Kier molecular flexibility index (Phi) is 6.97. The summed E-state index contributed by atoms with van der Waals surface area (Å²) < 4.78 is 0. The van der Waals surface area contributed by atoms with Crippen molar-refractivity contribution in [1.82, 2.24) is 0 Å². The molecule has 0 N–H and O–H groups in total. The molecule has 2 rings (SSSR count). The van der Waals surface area contributed by atoms with Crippen molar-refractivity contribution < 1.29 is 0 Å². The van der Waals surface area contributed by atoms with E-state index < -0.39 is 0 Å². The number of aryl methyl sites for hydroxylation is 1. The monoisotopic (exact) mass is 293 g/mol. The van der Waals surface area contributed by atoms with E-state index in [-0.39, 0.29) is 0 Å². The molecule has 116 valence electrons. The van der Waals surface area contributed by atoms with Gasteiger partial charge in [-0.15, -0.1) is 0 Å². The first-order chi connectivity index (χ1) is 10.8. The SMILES string of the molecule is CCc1ccc(C2CCC(CCC=CC=CC#N)CC2)cc1. The highest BCUT2D eigenvalue weighted by Gasteiger charge is 2.21. The van der Waals surface area contributed by atoms with Crippen LogP contribution in [-0.4, -0.2) is 0 Å². The van der Waals surface area contributed by atoms with Crippen LogP contribution in [0.15, 0.2) is 48.6 Å². The first-order valence-corrected chi connectivity index (χ1v) is 8.63. The lowest BCUT2D eigenvalue weighted by Crippen LogP contribution is -2.13. The lowest BCUT2D eigenvalue weighted by atomic mass is 9.77. The number of nitriles is 1. The molecule has 1 aliphatic carbocycles. The summed E-state index contributed by atoms with van der Waals surface area (Å²) in [6, 6.07) is 11.3. The van der Waals surface area contributed by atoms with Crippen LogP contribution in [0.5, 0.6) is 0 Å². The number of hydrogen-bond donors (Lipinski definition) is 0. The Bertz CT molecular complexity index is 522. The Morgan fingerprint density at radius 2 is 1.82 bits per heavy atom. The molecule has 1 saturated carbocycles. The Morgan fingerprint density at radius 3 is 2.45 bits per heavy atom. The van der Waals surface area contributed by atoms with Gasteiger partial charge in [-0.05, 0) is 67.9 Å². The Morgan fingerprint density at radius 1 is 1.09 bits per heavy atom. The topological polar surface area (TPSA) is 23.8 Å². The standard InChI is InChI=1S/C21H27N/c1-2-18-9-13-20(14-10-18)21-15-11-19(12-16-21)8-6-4-3-5-7-17-22/h3-5,7,9-10,13-14,19,21H,2,6,8,11-12,15-16H2,1H3. The fourth-order valence-electron chi connectivity index (χ4n) is 3.42. The van der Waals surface area contributed by atoms with Gasteiger partial charge in [0.25, 0.3) is 0 Å². The molecule has 1 fully saturated rings. The molecule has 0 atom stereocenters. The Labute approximate surface area is 135 Å². The summed E-state index contributed by atoms with van der Waals surface area (Å²) in [5, 5.41) is 8.40. The molecular weight excluding hydrogens is 266 g/mol. The van der Waals surface area contributed by atoms with Gasteiger partial charge in [-0.1, -0.05) is 49.4 Å². The van der Waals surface area contributed by atoms with Crippen LogP contribution in [0.2, 0.25) is 0 Å². The van der Waals surface area contributed by atoms with Crippen LogP contribution in [0.1, 0.15) is 62.5 Å². The number of benzene rings is 1. The van der Waals surface area contributed by atoms with E-state index in [2.05, 4.69) is 37.3 Å². The van der Waals surface area contributed by atoms with Crippen molar-refractivity contribution in [2.45, 2.75) is 57.8 Å². The molecule has 1 aromatic rings. The molecule has 0 aliphatic heterocycles. The van der Waals surface area contributed by atoms with Crippen LogP contribution >= 0.6 is 0 Å². The second-order valence-corrected chi connectivity index (χ2v) is 6.31. The summed E-state index contributed by atoms with van der Waals surface area (Å²) in [4.78, 5) is 0. The van der Waals surface area contributed by atoms with Gasteiger partial charge < -0.3 is 0 Å². The fourth-order valence-corrected chi connectivity index (χ4v) is 3.42. The highest BCUT2D eigenvalue weighted by atomic mass is 14.3. The Hall–Kier alpha value is -1.81.